The van der Waals surface area contributed by atoms with Crippen LogP contribution < -0.4 is 10.9 Å². The number of thioether (sulfide) groups is 1. The molecular formula is C22H31N3O2S. The van der Waals surface area contributed by atoms with Gasteiger partial charge >= 0.3 is 0 Å². The van der Waals surface area contributed by atoms with Gasteiger partial charge in [0, 0.05) is 12.6 Å². The summed E-state index contributed by atoms with van der Waals surface area (Å²) >= 11 is 1.39. The Bertz CT molecular complexity index is 858. The summed E-state index contributed by atoms with van der Waals surface area (Å²) in [5.41, 5.74) is 0.691. The van der Waals surface area contributed by atoms with Crippen LogP contribution in [0.25, 0.3) is 10.9 Å². The van der Waals surface area contributed by atoms with Crippen molar-refractivity contribution in [2.24, 2.45) is 0 Å². The predicted molar refractivity (Wildman–Crippen MR) is 116 cm³/mol. The summed E-state index contributed by atoms with van der Waals surface area (Å²) in [6.45, 7) is 4.73. The Morgan fingerprint density at radius 2 is 2.00 bits per heavy atom. The highest BCUT2D eigenvalue weighted by molar-refractivity contribution is 8.00. The summed E-state index contributed by atoms with van der Waals surface area (Å²) in [6.07, 6.45) is 8.88. The van der Waals surface area contributed by atoms with Gasteiger partial charge in [-0.05, 0) is 38.3 Å². The first-order valence-corrected chi connectivity index (χ1v) is 11.4. The van der Waals surface area contributed by atoms with E-state index in [9.17, 15) is 9.59 Å². The number of para-hydroxylation sites is 1. The topological polar surface area (TPSA) is 64.0 Å². The summed E-state index contributed by atoms with van der Waals surface area (Å²) in [7, 11) is 0. The van der Waals surface area contributed by atoms with Gasteiger partial charge in [0.2, 0.25) is 5.91 Å². The third-order valence-corrected chi connectivity index (χ3v) is 6.50. The number of benzene rings is 1. The van der Waals surface area contributed by atoms with Gasteiger partial charge in [0.25, 0.3) is 5.56 Å². The first-order valence-electron chi connectivity index (χ1n) is 10.6. The average molecular weight is 402 g/mol. The van der Waals surface area contributed by atoms with Crippen LogP contribution in [0.5, 0.6) is 0 Å². The molecule has 0 bridgehead atoms. The van der Waals surface area contributed by atoms with Crippen LogP contribution in [0.3, 0.4) is 0 Å². The fourth-order valence-electron chi connectivity index (χ4n) is 3.73. The fraction of sp³-hybridized carbons (Fsp3) is 0.591. The molecule has 1 N–H and O–H groups in total. The number of hydrogen-bond acceptors (Lipinski definition) is 4. The molecule has 1 aliphatic carbocycles. The number of amides is 1. The largest absolute Gasteiger partial charge is 0.352 e. The maximum atomic E-state index is 13.1. The molecule has 0 aliphatic heterocycles. The zero-order chi connectivity index (χ0) is 19.9. The van der Waals surface area contributed by atoms with Crippen LogP contribution in [-0.4, -0.2) is 26.8 Å². The van der Waals surface area contributed by atoms with Crippen LogP contribution in [0.4, 0.5) is 0 Å². The molecule has 0 radical (unpaired) electrons. The van der Waals surface area contributed by atoms with Crippen molar-refractivity contribution >= 4 is 28.6 Å². The number of carbonyl (C=O) groups excluding carboxylic acids is 1. The van der Waals surface area contributed by atoms with Gasteiger partial charge in [-0.3, -0.25) is 14.2 Å². The molecular weight excluding hydrogens is 370 g/mol. The summed E-state index contributed by atoms with van der Waals surface area (Å²) in [6, 6.07) is 7.77. The number of rotatable bonds is 9. The Morgan fingerprint density at radius 1 is 1.25 bits per heavy atom. The maximum Gasteiger partial charge on any atom is 0.262 e. The van der Waals surface area contributed by atoms with E-state index in [0.29, 0.717) is 28.6 Å². The molecule has 0 saturated heterocycles. The number of nitrogens with zero attached hydrogens (tertiary/aromatic N) is 2. The lowest BCUT2D eigenvalue weighted by Gasteiger charge is -2.18. The van der Waals surface area contributed by atoms with Crippen molar-refractivity contribution in [3.8, 4) is 0 Å². The highest BCUT2D eigenvalue weighted by Gasteiger charge is 2.23. The molecule has 1 aliphatic rings. The number of fused-ring (bicyclic) bond motifs is 1. The lowest BCUT2D eigenvalue weighted by molar-refractivity contribution is -0.120. The van der Waals surface area contributed by atoms with Crippen LogP contribution in [0, 0.1) is 0 Å². The van der Waals surface area contributed by atoms with E-state index in [-0.39, 0.29) is 16.7 Å². The van der Waals surface area contributed by atoms with Crippen molar-refractivity contribution in [1.82, 2.24) is 14.9 Å². The Labute approximate surface area is 171 Å². The molecule has 28 heavy (non-hydrogen) atoms. The molecule has 152 valence electrons. The second-order valence-electron chi connectivity index (χ2n) is 7.68. The highest BCUT2D eigenvalue weighted by atomic mass is 32.2. The smallest absolute Gasteiger partial charge is 0.262 e. The SMILES string of the molecule is CCCCCCn1c(SC(C)C(=O)NC2CCCC2)nc2ccccc2c1=O. The van der Waals surface area contributed by atoms with E-state index in [1.165, 1.54) is 31.0 Å². The van der Waals surface area contributed by atoms with Gasteiger partial charge < -0.3 is 5.32 Å². The number of nitrogens with one attached hydrogen (secondary N) is 1. The molecule has 6 heteroatoms. The van der Waals surface area contributed by atoms with Gasteiger partial charge in [-0.15, -0.1) is 0 Å². The Kier molecular flexibility index (Phi) is 7.54. The Balaban J connectivity index is 1.80. The lowest BCUT2D eigenvalue weighted by Crippen LogP contribution is -2.38. The molecule has 1 amide bonds. The van der Waals surface area contributed by atoms with Crippen LogP contribution in [-0.2, 0) is 11.3 Å². The van der Waals surface area contributed by atoms with Gasteiger partial charge in [-0.25, -0.2) is 4.98 Å². The van der Waals surface area contributed by atoms with Crippen molar-refractivity contribution in [1.29, 1.82) is 0 Å². The third-order valence-electron chi connectivity index (χ3n) is 5.41. The van der Waals surface area contributed by atoms with Crippen molar-refractivity contribution in [3.63, 3.8) is 0 Å². The highest BCUT2D eigenvalue weighted by Crippen LogP contribution is 2.24. The maximum absolute atomic E-state index is 13.1. The second kappa shape index (κ2) is 10.1. The molecule has 1 heterocycles. The minimum atomic E-state index is -0.282. The molecule has 1 aromatic carbocycles. The molecule has 1 atom stereocenters. The minimum absolute atomic E-state index is 0.00648. The molecule has 0 spiro atoms. The fourth-order valence-corrected chi connectivity index (χ4v) is 4.68. The van der Waals surface area contributed by atoms with Crippen LogP contribution in [0.2, 0.25) is 0 Å². The number of unbranched alkanes of at least 4 members (excludes halogenated alkanes) is 3. The average Bonchev–Trinajstić information content (AvgIpc) is 3.20. The van der Waals surface area contributed by atoms with E-state index in [0.717, 1.165) is 32.1 Å². The van der Waals surface area contributed by atoms with Crippen molar-refractivity contribution in [3.05, 3.63) is 34.6 Å². The van der Waals surface area contributed by atoms with Gasteiger partial charge in [-0.1, -0.05) is 62.9 Å². The zero-order valence-electron chi connectivity index (χ0n) is 16.9. The molecule has 2 aromatic rings. The van der Waals surface area contributed by atoms with Gasteiger partial charge in [0.05, 0.1) is 16.2 Å². The lowest BCUT2D eigenvalue weighted by atomic mass is 10.2. The molecule has 3 rings (SSSR count). The Hall–Kier alpha value is -1.82. The number of aromatic nitrogens is 2. The van der Waals surface area contributed by atoms with Crippen LogP contribution in [0.15, 0.2) is 34.2 Å². The Morgan fingerprint density at radius 3 is 2.75 bits per heavy atom. The van der Waals surface area contributed by atoms with Gasteiger partial charge in [0.15, 0.2) is 5.16 Å². The number of hydrogen-bond donors (Lipinski definition) is 1. The first kappa shape index (κ1) is 20.9. The van der Waals surface area contributed by atoms with Gasteiger partial charge in [0.1, 0.15) is 0 Å². The molecule has 1 aromatic heterocycles. The van der Waals surface area contributed by atoms with Crippen molar-refractivity contribution in [2.45, 2.75) is 88.2 Å². The van der Waals surface area contributed by atoms with E-state index in [4.69, 9.17) is 4.98 Å². The van der Waals surface area contributed by atoms with Crippen LogP contribution >= 0.6 is 11.8 Å². The number of carbonyl (C=O) groups is 1. The summed E-state index contributed by atoms with van der Waals surface area (Å²) in [5.74, 6) is 0.0387. The van der Waals surface area contributed by atoms with Crippen LogP contribution in [0.1, 0.15) is 65.2 Å². The summed E-state index contributed by atoms with van der Waals surface area (Å²) in [5, 5.41) is 4.16. The molecule has 1 unspecified atom stereocenters. The predicted octanol–water partition coefficient (Wildman–Crippen LogP) is 4.52. The molecule has 1 fully saturated rings. The van der Waals surface area contributed by atoms with Crippen molar-refractivity contribution in [2.75, 3.05) is 0 Å². The molecule has 1 saturated carbocycles. The quantitative estimate of drug-likeness (QED) is 0.381. The monoisotopic (exact) mass is 401 g/mol. The third kappa shape index (κ3) is 5.16. The van der Waals surface area contributed by atoms with E-state index in [1.54, 1.807) is 4.57 Å². The molecule has 5 nitrogen and oxygen atoms in total. The van der Waals surface area contributed by atoms with E-state index < -0.39 is 0 Å². The van der Waals surface area contributed by atoms with E-state index in [1.807, 2.05) is 31.2 Å². The van der Waals surface area contributed by atoms with Crippen molar-refractivity contribution < 1.29 is 4.79 Å². The normalized spacial score (nSPS) is 15.8. The van der Waals surface area contributed by atoms with E-state index in [2.05, 4.69) is 12.2 Å². The second-order valence-corrected chi connectivity index (χ2v) is 8.99. The summed E-state index contributed by atoms with van der Waals surface area (Å²) in [4.78, 5) is 30.4. The summed E-state index contributed by atoms with van der Waals surface area (Å²) < 4.78 is 1.77. The minimum Gasteiger partial charge on any atom is -0.352 e. The van der Waals surface area contributed by atoms with Gasteiger partial charge in [-0.2, -0.15) is 0 Å². The standard InChI is InChI=1S/C22H31N3O2S/c1-3-4-5-10-15-25-21(27)18-13-8-9-14-19(18)24-22(25)28-16(2)20(26)23-17-11-6-7-12-17/h8-9,13-14,16-17H,3-7,10-12,15H2,1-2H3,(H,23,26). The van der Waals surface area contributed by atoms with E-state index >= 15 is 0 Å². The zero-order valence-corrected chi connectivity index (χ0v) is 17.8. The first-order chi connectivity index (χ1) is 13.6.